The molecule has 0 saturated heterocycles. The fraction of sp³-hybridized carbons (Fsp3) is 0.143. The summed E-state index contributed by atoms with van der Waals surface area (Å²) in [6.07, 6.45) is 0. The highest BCUT2D eigenvalue weighted by Crippen LogP contribution is 2.35. The molecule has 6 heteroatoms. The number of hydrogen-bond acceptors (Lipinski definition) is 6. The van der Waals surface area contributed by atoms with E-state index in [1.165, 1.54) is 11.3 Å². The number of para-hydroxylation sites is 1. The maximum atomic E-state index is 5.79. The van der Waals surface area contributed by atoms with E-state index in [0.717, 1.165) is 21.0 Å². The largest absolute Gasteiger partial charge is 0.496 e. The Bertz CT molecular complexity index is 748. The molecule has 0 aliphatic rings. The quantitative estimate of drug-likeness (QED) is 0.799. The van der Waals surface area contributed by atoms with Gasteiger partial charge in [0.1, 0.15) is 5.75 Å². The molecule has 0 amide bonds. The third kappa shape index (κ3) is 2.14. The molecule has 5 nitrogen and oxygen atoms in total. The monoisotopic (exact) mass is 287 g/mol. The lowest BCUT2D eigenvalue weighted by molar-refractivity contribution is 0.413. The highest BCUT2D eigenvalue weighted by atomic mass is 32.1. The number of nitrogens with zero attached hydrogens (tertiary/aromatic N) is 2. The van der Waals surface area contributed by atoms with E-state index in [9.17, 15) is 0 Å². The lowest BCUT2D eigenvalue weighted by Crippen LogP contribution is -1.88. The lowest BCUT2D eigenvalue weighted by Gasteiger charge is -2.02. The van der Waals surface area contributed by atoms with Gasteiger partial charge >= 0.3 is 0 Å². The Morgan fingerprint density at radius 1 is 1.30 bits per heavy atom. The van der Waals surface area contributed by atoms with Crippen molar-refractivity contribution >= 4 is 16.3 Å². The van der Waals surface area contributed by atoms with Gasteiger partial charge in [-0.3, -0.25) is 0 Å². The van der Waals surface area contributed by atoms with E-state index < -0.39 is 0 Å². The van der Waals surface area contributed by atoms with Crippen LogP contribution in [0.1, 0.15) is 5.56 Å². The first-order valence-electron chi connectivity index (χ1n) is 6.02. The summed E-state index contributed by atoms with van der Waals surface area (Å²) in [6, 6.07) is 9.45. The zero-order valence-corrected chi connectivity index (χ0v) is 11.9. The third-order valence-corrected chi connectivity index (χ3v) is 3.96. The van der Waals surface area contributed by atoms with E-state index in [-0.39, 0.29) is 0 Å². The van der Waals surface area contributed by atoms with Gasteiger partial charge in [-0.2, -0.15) is 4.98 Å². The van der Waals surface area contributed by atoms with E-state index in [0.29, 0.717) is 17.5 Å². The van der Waals surface area contributed by atoms with Gasteiger partial charge in [0.15, 0.2) is 0 Å². The molecule has 20 heavy (non-hydrogen) atoms. The predicted octanol–water partition coefficient (Wildman–Crippen LogP) is 3.36. The van der Waals surface area contributed by atoms with Crippen molar-refractivity contribution in [1.29, 1.82) is 0 Å². The Morgan fingerprint density at radius 2 is 2.10 bits per heavy atom. The van der Waals surface area contributed by atoms with Gasteiger partial charge in [0.05, 0.1) is 22.6 Å². The Kier molecular flexibility index (Phi) is 3.15. The van der Waals surface area contributed by atoms with Gasteiger partial charge in [0.25, 0.3) is 5.89 Å². The van der Waals surface area contributed by atoms with Crippen molar-refractivity contribution < 1.29 is 9.26 Å². The van der Waals surface area contributed by atoms with E-state index in [1.807, 2.05) is 37.3 Å². The zero-order valence-electron chi connectivity index (χ0n) is 11.1. The summed E-state index contributed by atoms with van der Waals surface area (Å²) in [7, 11) is 1.62. The second kappa shape index (κ2) is 4.97. The van der Waals surface area contributed by atoms with Gasteiger partial charge in [-0.1, -0.05) is 17.3 Å². The fourth-order valence-corrected chi connectivity index (χ4v) is 2.84. The number of rotatable bonds is 3. The van der Waals surface area contributed by atoms with Crippen LogP contribution in [0.2, 0.25) is 0 Å². The van der Waals surface area contributed by atoms with Crippen LogP contribution < -0.4 is 10.5 Å². The molecule has 0 atom stereocenters. The lowest BCUT2D eigenvalue weighted by atomic mass is 10.2. The second-order valence-electron chi connectivity index (χ2n) is 4.28. The first-order valence-corrected chi connectivity index (χ1v) is 6.84. The first kappa shape index (κ1) is 12.7. The Morgan fingerprint density at radius 3 is 2.80 bits per heavy atom. The summed E-state index contributed by atoms with van der Waals surface area (Å²) >= 11 is 1.44. The maximum absolute atomic E-state index is 5.79. The summed E-state index contributed by atoms with van der Waals surface area (Å²) in [5, 5.41) is 4.75. The average molecular weight is 287 g/mol. The number of nitrogens with two attached hydrogens (primary N) is 1. The van der Waals surface area contributed by atoms with Crippen molar-refractivity contribution in [1.82, 2.24) is 10.1 Å². The molecule has 102 valence electrons. The fourth-order valence-electron chi connectivity index (χ4n) is 1.97. The maximum Gasteiger partial charge on any atom is 0.268 e. The van der Waals surface area contributed by atoms with Gasteiger partial charge in [-0.25, -0.2) is 0 Å². The van der Waals surface area contributed by atoms with Gasteiger partial charge < -0.3 is 15.0 Å². The van der Waals surface area contributed by atoms with Crippen LogP contribution in [0.15, 0.2) is 34.9 Å². The van der Waals surface area contributed by atoms with Crippen LogP contribution in [-0.4, -0.2) is 17.3 Å². The molecule has 0 fully saturated rings. The Labute approximate surface area is 120 Å². The number of methoxy groups -OCH3 is 1. The van der Waals surface area contributed by atoms with Crippen molar-refractivity contribution in [2.24, 2.45) is 0 Å². The summed E-state index contributed by atoms with van der Waals surface area (Å²) in [5.41, 5.74) is 7.62. The van der Waals surface area contributed by atoms with E-state index in [2.05, 4.69) is 10.1 Å². The minimum absolute atomic E-state index is 0.477. The molecule has 1 aromatic carbocycles. The summed E-state index contributed by atoms with van der Waals surface area (Å²) in [6.45, 7) is 1.97. The number of aryl methyl sites for hydroxylation is 1. The molecule has 3 aromatic rings. The highest BCUT2D eigenvalue weighted by molar-refractivity contribution is 7.19. The van der Waals surface area contributed by atoms with Crippen LogP contribution in [0.4, 0.5) is 5.00 Å². The number of ether oxygens (including phenoxy) is 1. The van der Waals surface area contributed by atoms with Crippen LogP contribution in [0.25, 0.3) is 22.2 Å². The first-order chi connectivity index (χ1) is 9.69. The van der Waals surface area contributed by atoms with E-state index >= 15 is 0 Å². The molecule has 0 spiro atoms. The Hall–Kier alpha value is -2.34. The molecule has 2 aromatic heterocycles. The van der Waals surface area contributed by atoms with E-state index in [1.54, 1.807) is 7.11 Å². The molecule has 0 bridgehead atoms. The standard InChI is InChI=1S/C14H13N3O2S/c1-8-7-11(15)20-12(8)14-16-13(17-19-14)9-5-3-4-6-10(9)18-2/h3-7H,15H2,1-2H3. The number of thiophene rings is 1. The molecule has 3 rings (SSSR count). The molecule has 2 N–H and O–H groups in total. The number of anilines is 1. The number of benzene rings is 1. The van der Waals surface area contributed by atoms with Crippen molar-refractivity contribution in [3.05, 3.63) is 35.9 Å². The van der Waals surface area contributed by atoms with Crippen molar-refractivity contribution in [3.63, 3.8) is 0 Å². The molecular formula is C14H13N3O2S. The topological polar surface area (TPSA) is 74.2 Å². The van der Waals surface area contributed by atoms with Crippen LogP contribution in [0, 0.1) is 6.92 Å². The molecule has 2 heterocycles. The Balaban J connectivity index is 2.04. The molecule has 0 radical (unpaired) electrons. The van der Waals surface area contributed by atoms with Crippen LogP contribution in [0.5, 0.6) is 5.75 Å². The normalized spacial score (nSPS) is 10.7. The van der Waals surface area contributed by atoms with Crippen LogP contribution >= 0.6 is 11.3 Å². The SMILES string of the molecule is COc1ccccc1-c1noc(-c2sc(N)cc2C)n1. The van der Waals surface area contributed by atoms with Gasteiger partial charge in [0.2, 0.25) is 5.82 Å². The zero-order chi connectivity index (χ0) is 14.1. The number of aromatic nitrogens is 2. The van der Waals surface area contributed by atoms with Crippen molar-refractivity contribution in [3.8, 4) is 27.9 Å². The summed E-state index contributed by atoms with van der Waals surface area (Å²) in [4.78, 5) is 5.33. The van der Waals surface area contributed by atoms with Gasteiger partial charge in [-0.15, -0.1) is 11.3 Å². The van der Waals surface area contributed by atoms with Crippen LogP contribution in [-0.2, 0) is 0 Å². The third-order valence-electron chi connectivity index (χ3n) is 2.90. The highest BCUT2D eigenvalue weighted by Gasteiger charge is 2.17. The predicted molar refractivity (Wildman–Crippen MR) is 78.7 cm³/mol. The van der Waals surface area contributed by atoms with Crippen molar-refractivity contribution in [2.45, 2.75) is 6.92 Å². The van der Waals surface area contributed by atoms with Gasteiger partial charge in [0, 0.05) is 0 Å². The van der Waals surface area contributed by atoms with E-state index in [4.69, 9.17) is 15.0 Å². The summed E-state index contributed by atoms with van der Waals surface area (Å²) in [5.74, 6) is 1.69. The van der Waals surface area contributed by atoms with Gasteiger partial charge in [-0.05, 0) is 30.7 Å². The number of hydrogen-bond donors (Lipinski definition) is 1. The van der Waals surface area contributed by atoms with Crippen molar-refractivity contribution in [2.75, 3.05) is 12.8 Å². The summed E-state index contributed by atoms with van der Waals surface area (Å²) < 4.78 is 10.6. The minimum Gasteiger partial charge on any atom is -0.496 e. The smallest absolute Gasteiger partial charge is 0.268 e. The minimum atomic E-state index is 0.477. The molecular weight excluding hydrogens is 274 g/mol. The molecule has 0 unspecified atom stereocenters. The second-order valence-corrected chi connectivity index (χ2v) is 5.37. The molecule has 0 saturated carbocycles. The molecule has 0 aliphatic heterocycles. The average Bonchev–Trinajstić information content (AvgIpc) is 3.05. The molecule has 0 aliphatic carbocycles. The van der Waals surface area contributed by atoms with Crippen LogP contribution in [0.3, 0.4) is 0 Å². The number of nitrogen functional groups attached to an aromatic ring is 1.